The number of allylic oxidation sites excluding steroid dienone is 1. The van der Waals surface area contributed by atoms with E-state index < -0.39 is 6.23 Å². The summed E-state index contributed by atoms with van der Waals surface area (Å²) in [5, 5.41) is 14.9. The van der Waals surface area contributed by atoms with Crippen molar-refractivity contribution in [2.45, 2.75) is 20.1 Å². The van der Waals surface area contributed by atoms with Crippen molar-refractivity contribution in [2.24, 2.45) is 5.10 Å². The van der Waals surface area contributed by atoms with Crippen LogP contribution in [0.4, 0.5) is 0 Å². The minimum atomic E-state index is -0.759. The van der Waals surface area contributed by atoms with Crippen LogP contribution in [0.25, 0.3) is 16.5 Å². The van der Waals surface area contributed by atoms with Gasteiger partial charge in [0.15, 0.2) is 6.23 Å². The number of H-pyrrole nitrogens is 1. The molecule has 0 radical (unpaired) electrons. The first-order valence-corrected chi connectivity index (χ1v) is 8.02. The maximum Gasteiger partial charge on any atom is 0.228 e. The number of hydrazone groups is 1. The minimum absolute atomic E-state index is 0.570. The highest BCUT2D eigenvalue weighted by atomic mass is 16.5. The summed E-state index contributed by atoms with van der Waals surface area (Å²) in [6.07, 6.45) is 4.55. The number of fused-ring (bicyclic) bond motifs is 1. The van der Waals surface area contributed by atoms with Gasteiger partial charge in [0.1, 0.15) is 5.75 Å². The number of pyridine rings is 1. The van der Waals surface area contributed by atoms with E-state index in [4.69, 9.17) is 4.74 Å². The van der Waals surface area contributed by atoms with E-state index in [0.29, 0.717) is 11.6 Å². The zero-order valence-corrected chi connectivity index (χ0v) is 13.9. The van der Waals surface area contributed by atoms with Gasteiger partial charge in [0, 0.05) is 18.0 Å². The zero-order valence-electron chi connectivity index (χ0n) is 13.9. The molecule has 126 valence electrons. The lowest BCUT2D eigenvalue weighted by Crippen LogP contribution is -2.29. The number of nitrogens with zero attached hydrogens (tertiary/aromatic N) is 2. The van der Waals surface area contributed by atoms with Gasteiger partial charge >= 0.3 is 0 Å². The number of hydrogen-bond acceptors (Lipinski definition) is 5. The van der Waals surface area contributed by atoms with Gasteiger partial charge in [-0.3, -0.25) is 5.43 Å². The number of ether oxygens (including phenoxy) is 1. The number of aromatic nitrogens is 2. The third-order valence-electron chi connectivity index (χ3n) is 4.37. The Morgan fingerprint density at radius 1 is 1.16 bits per heavy atom. The predicted octanol–water partition coefficient (Wildman–Crippen LogP) is 3.34. The summed E-state index contributed by atoms with van der Waals surface area (Å²) in [6.45, 7) is 3.90. The van der Waals surface area contributed by atoms with Crippen molar-refractivity contribution in [3.05, 3.63) is 59.4 Å². The van der Waals surface area contributed by atoms with E-state index in [1.807, 2.05) is 50.4 Å². The van der Waals surface area contributed by atoms with Crippen LogP contribution in [0.3, 0.4) is 0 Å². The Morgan fingerprint density at radius 2 is 2.04 bits per heavy atom. The summed E-state index contributed by atoms with van der Waals surface area (Å²) in [5.74, 6) is 1.28. The summed E-state index contributed by atoms with van der Waals surface area (Å²) in [5.41, 5.74) is 7.43. The highest BCUT2D eigenvalue weighted by molar-refractivity contribution is 6.12. The van der Waals surface area contributed by atoms with Gasteiger partial charge in [0.2, 0.25) is 5.88 Å². The van der Waals surface area contributed by atoms with Crippen molar-refractivity contribution in [1.82, 2.24) is 15.4 Å². The maximum atomic E-state index is 9.91. The van der Waals surface area contributed by atoms with Crippen LogP contribution in [-0.4, -0.2) is 27.5 Å². The lowest BCUT2D eigenvalue weighted by Gasteiger charge is -2.20. The minimum Gasteiger partial charge on any atom is -0.438 e. The first-order valence-electron chi connectivity index (χ1n) is 8.02. The molecule has 25 heavy (non-hydrogen) atoms. The van der Waals surface area contributed by atoms with Crippen LogP contribution in [0.15, 0.2) is 53.4 Å². The number of aryl methyl sites for hydroxylation is 1. The lowest BCUT2D eigenvalue weighted by molar-refractivity contribution is 0.174. The molecule has 0 fully saturated rings. The molecule has 0 aliphatic carbocycles. The molecule has 1 atom stereocenters. The van der Waals surface area contributed by atoms with E-state index in [0.717, 1.165) is 33.2 Å². The largest absolute Gasteiger partial charge is 0.438 e. The number of nitrogens with one attached hydrogen (secondary N) is 2. The van der Waals surface area contributed by atoms with E-state index in [-0.39, 0.29) is 0 Å². The fraction of sp³-hybridized carbons (Fsp3) is 0.158. The van der Waals surface area contributed by atoms with Gasteiger partial charge in [-0.1, -0.05) is 6.07 Å². The monoisotopic (exact) mass is 334 g/mol. The van der Waals surface area contributed by atoms with Crippen LogP contribution in [0.2, 0.25) is 0 Å². The van der Waals surface area contributed by atoms with E-state index in [1.165, 1.54) is 0 Å². The molecule has 0 saturated carbocycles. The number of hydrogen-bond donors (Lipinski definition) is 3. The second-order valence-electron chi connectivity index (χ2n) is 6.02. The van der Waals surface area contributed by atoms with Crippen molar-refractivity contribution in [2.75, 3.05) is 0 Å². The molecule has 1 aliphatic rings. The highest BCUT2D eigenvalue weighted by Gasteiger charge is 2.17. The van der Waals surface area contributed by atoms with Gasteiger partial charge in [-0.05, 0) is 54.8 Å². The van der Waals surface area contributed by atoms with Crippen LogP contribution in [0.5, 0.6) is 11.6 Å². The van der Waals surface area contributed by atoms with Gasteiger partial charge < -0.3 is 14.8 Å². The molecule has 6 heteroatoms. The van der Waals surface area contributed by atoms with Crippen molar-refractivity contribution in [3.8, 4) is 11.6 Å². The van der Waals surface area contributed by atoms with Crippen molar-refractivity contribution in [1.29, 1.82) is 0 Å². The summed E-state index contributed by atoms with van der Waals surface area (Å²) in [4.78, 5) is 7.47. The van der Waals surface area contributed by atoms with Crippen LogP contribution in [-0.2, 0) is 0 Å². The van der Waals surface area contributed by atoms with E-state index >= 15 is 0 Å². The Bertz CT molecular complexity index is 1000. The lowest BCUT2D eigenvalue weighted by atomic mass is 9.96. The molecule has 4 rings (SSSR count). The van der Waals surface area contributed by atoms with Crippen molar-refractivity contribution >= 4 is 22.7 Å². The van der Waals surface area contributed by atoms with Gasteiger partial charge in [-0.25, -0.2) is 4.98 Å². The molecule has 0 bridgehead atoms. The molecule has 0 spiro atoms. The second-order valence-corrected chi connectivity index (χ2v) is 6.02. The molecular weight excluding hydrogens is 316 g/mol. The number of aliphatic hydroxyl groups excluding tert-OH is 1. The molecule has 1 unspecified atom stereocenters. The number of aliphatic hydroxyl groups is 1. The predicted molar refractivity (Wildman–Crippen MR) is 97.6 cm³/mol. The molecule has 3 N–H and O–H groups in total. The Kier molecular flexibility index (Phi) is 3.74. The Morgan fingerprint density at radius 3 is 2.88 bits per heavy atom. The number of rotatable bonds is 3. The first-order chi connectivity index (χ1) is 12.1. The van der Waals surface area contributed by atoms with E-state index in [2.05, 4.69) is 20.5 Å². The topological polar surface area (TPSA) is 82.5 Å². The molecular formula is C19H18N4O2. The molecule has 3 heterocycles. The Balaban J connectivity index is 1.68. The highest BCUT2D eigenvalue weighted by Crippen LogP contribution is 2.31. The molecule has 3 aromatic rings. The van der Waals surface area contributed by atoms with Crippen LogP contribution in [0, 0.1) is 6.92 Å². The second kappa shape index (κ2) is 6.07. The van der Waals surface area contributed by atoms with Gasteiger partial charge in [0.05, 0.1) is 17.1 Å². The fourth-order valence-electron chi connectivity index (χ4n) is 2.95. The number of aromatic amines is 1. The van der Waals surface area contributed by atoms with Crippen LogP contribution < -0.4 is 10.2 Å². The Hall–Kier alpha value is -3.12. The van der Waals surface area contributed by atoms with Crippen LogP contribution in [0.1, 0.15) is 18.1 Å². The average Bonchev–Trinajstić information content (AvgIpc) is 3.08. The van der Waals surface area contributed by atoms with Crippen LogP contribution >= 0.6 is 0 Å². The van der Waals surface area contributed by atoms with Crippen molar-refractivity contribution < 1.29 is 9.84 Å². The van der Waals surface area contributed by atoms with E-state index in [1.54, 1.807) is 12.4 Å². The molecule has 6 nitrogen and oxygen atoms in total. The SMILES string of the molecule is CC1=C(c2ccc(Oc3nccc4[nH]ccc34)cc2C)C=NNC1O. The number of benzene rings is 1. The quantitative estimate of drug-likeness (QED) is 0.686. The molecule has 1 aromatic carbocycles. The summed E-state index contributed by atoms with van der Waals surface area (Å²) in [6, 6.07) is 9.70. The summed E-state index contributed by atoms with van der Waals surface area (Å²) < 4.78 is 5.98. The first kappa shape index (κ1) is 15.4. The summed E-state index contributed by atoms with van der Waals surface area (Å²) >= 11 is 0. The van der Waals surface area contributed by atoms with E-state index in [9.17, 15) is 5.11 Å². The van der Waals surface area contributed by atoms with Gasteiger partial charge in [-0.15, -0.1) is 0 Å². The smallest absolute Gasteiger partial charge is 0.228 e. The third-order valence-corrected chi connectivity index (χ3v) is 4.37. The van der Waals surface area contributed by atoms with Crippen molar-refractivity contribution in [3.63, 3.8) is 0 Å². The Labute approximate surface area is 144 Å². The zero-order chi connectivity index (χ0) is 17.4. The molecule has 1 aliphatic heterocycles. The fourth-order valence-corrected chi connectivity index (χ4v) is 2.95. The summed E-state index contributed by atoms with van der Waals surface area (Å²) in [7, 11) is 0. The van der Waals surface area contributed by atoms with Gasteiger partial charge in [-0.2, -0.15) is 5.10 Å². The molecule has 2 aromatic heterocycles. The molecule has 0 amide bonds. The standard InChI is InChI=1S/C19H18N4O2/c1-11-9-13(25-19-15-5-7-20-17(15)6-8-21-19)3-4-14(11)16-10-22-23-18(24)12(16)2/h3-10,18,20,23-24H,1-2H3. The molecule has 0 saturated heterocycles. The normalized spacial score (nSPS) is 17.0. The maximum absolute atomic E-state index is 9.91. The van der Waals surface area contributed by atoms with Gasteiger partial charge in [0.25, 0.3) is 0 Å². The third kappa shape index (κ3) is 2.77. The average molecular weight is 334 g/mol.